The van der Waals surface area contributed by atoms with Gasteiger partial charge in [0.2, 0.25) is 5.91 Å². The molecular weight excluding hydrogens is 368 g/mol. The summed E-state index contributed by atoms with van der Waals surface area (Å²) in [6, 6.07) is 16.9. The van der Waals surface area contributed by atoms with Gasteiger partial charge in [-0.1, -0.05) is 17.7 Å². The van der Waals surface area contributed by atoms with Crippen molar-refractivity contribution in [1.82, 2.24) is 0 Å². The van der Waals surface area contributed by atoms with Crippen molar-refractivity contribution in [3.8, 4) is 5.75 Å². The molecule has 0 fully saturated rings. The fraction of sp³-hybridized carbons (Fsp3) is 0.217. The Bertz CT molecular complexity index is 1010. The molecule has 0 saturated heterocycles. The van der Waals surface area contributed by atoms with Gasteiger partial charge in [-0.25, -0.2) is 0 Å². The lowest BCUT2D eigenvalue weighted by Gasteiger charge is -2.22. The van der Waals surface area contributed by atoms with E-state index >= 15 is 0 Å². The second-order valence-corrected chi connectivity index (χ2v) is 7.05. The monoisotopic (exact) mass is 390 g/mol. The van der Waals surface area contributed by atoms with E-state index in [0.29, 0.717) is 30.9 Å². The molecule has 1 aliphatic rings. The van der Waals surface area contributed by atoms with E-state index in [0.717, 1.165) is 22.5 Å². The maximum absolute atomic E-state index is 13.0. The first kappa shape index (κ1) is 18.8. The van der Waals surface area contributed by atoms with Crippen LogP contribution in [0.3, 0.4) is 0 Å². The van der Waals surface area contributed by atoms with Crippen LogP contribution in [-0.4, -0.2) is 18.4 Å². The Kier molecular flexibility index (Phi) is 5.33. The molecule has 1 aromatic heterocycles. The van der Waals surface area contributed by atoms with Crippen molar-refractivity contribution < 1.29 is 18.7 Å². The fourth-order valence-corrected chi connectivity index (χ4v) is 3.28. The maximum Gasteiger partial charge on any atom is 0.265 e. The number of carbonyl (C=O) groups is 2. The molecule has 0 aliphatic carbocycles. The number of rotatable bonds is 6. The third-order valence-corrected chi connectivity index (χ3v) is 4.88. The summed E-state index contributed by atoms with van der Waals surface area (Å²) in [6.07, 6.45) is 2.72. The number of nitrogens with zero attached hydrogens (tertiary/aromatic N) is 1. The number of fused-ring (bicyclic) bond motifs is 1. The van der Waals surface area contributed by atoms with Crippen molar-refractivity contribution in [2.45, 2.75) is 26.3 Å². The van der Waals surface area contributed by atoms with Gasteiger partial charge in [-0.05, 0) is 61.4 Å². The standard InChI is InChI=1S/C23H22N2O4/c1-16-4-7-18(8-5-16)25(14-20-3-2-12-28-20)23(27)15-29-19-9-10-21-17(13-19)6-11-22(26)24-21/h2-5,7-10,12-13H,6,11,14-15H2,1H3,(H,24,26). The first-order valence-electron chi connectivity index (χ1n) is 9.53. The summed E-state index contributed by atoms with van der Waals surface area (Å²) < 4.78 is 11.2. The van der Waals surface area contributed by atoms with Crippen LogP contribution >= 0.6 is 0 Å². The van der Waals surface area contributed by atoms with Crippen LogP contribution in [0.25, 0.3) is 0 Å². The summed E-state index contributed by atoms with van der Waals surface area (Å²) in [5, 5.41) is 2.84. The Morgan fingerprint density at radius 2 is 1.97 bits per heavy atom. The molecule has 6 nitrogen and oxygen atoms in total. The average molecular weight is 390 g/mol. The lowest BCUT2D eigenvalue weighted by molar-refractivity contribution is -0.120. The number of carbonyl (C=O) groups excluding carboxylic acids is 2. The molecule has 4 rings (SSSR count). The molecule has 0 saturated carbocycles. The number of anilines is 2. The second-order valence-electron chi connectivity index (χ2n) is 7.05. The van der Waals surface area contributed by atoms with Crippen LogP contribution < -0.4 is 15.0 Å². The van der Waals surface area contributed by atoms with E-state index in [2.05, 4.69) is 5.32 Å². The molecule has 0 atom stereocenters. The molecule has 0 bridgehead atoms. The number of aryl methyl sites for hydroxylation is 2. The molecule has 1 N–H and O–H groups in total. The first-order valence-corrected chi connectivity index (χ1v) is 9.53. The minimum atomic E-state index is -0.170. The van der Waals surface area contributed by atoms with Crippen molar-refractivity contribution in [2.24, 2.45) is 0 Å². The first-order chi connectivity index (χ1) is 14.1. The molecule has 148 valence electrons. The van der Waals surface area contributed by atoms with Crippen molar-refractivity contribution in [3.05, 3.63) is 77.7 Å². The predicted octanol–water partition coefficient (Wildman–Crippen LogP) is 4.08. The van der Waals surface area contributed by atoms with E-state index in [-0.39, 0.29) is 18.4 Å². The van der Waals surface area contributed by atoms with Gasteiger partial charge in [-0.3, -0.25) is 9.59 Å². The highest BCUT2D eigenvalue weighted by atomic mass is 16.5. The summed E-state index contributed by atoms with van der Waals surface area (Å²) in [6.45, 7) is 2.23. The maximum atomic E-state index is 13.0. The van der Waals surface area contributed by atoms with Crippen LogP contribution in [0.15, 0.2) is 65.3 Å². The average Bonchev–Trinajstić information content (AvgIpc) is 3.24. The molecular formula is C23H22N2O4. The largest absolute Gasteiger partial charge is 0.484 e. The SMILES string of the molecule is Cc1ccc(N(Cc2ccco2)C(=O)COc2ccc3c(c2)CCC(=O)N3)cc1. The second kappa shape index (κ2) is 8.22. The third kappa shape index (κ3) is 4.48. The summed E-state index contributed by atoms with van der Waals surface area (Å²) in [5.41, 5.74) is 3.73. The number of ether oxygens (including phenoxy) is 1. The zero-order valence-electron chi connectivity index (χ0n) is 16.2. The van der Waals surface area contributed by atoms with Crippen molar-refractivity contribution in [2.75, 3.05) is 16.8 Å². The molecule has 2 amide bonds. The Morgan fingerprint density at radius 1 is 1.14 bits per heavy atom. The molecule has 0 spiro atoms. The van der Waals surface area contributed by atoms with Crippen molar-refractivity contribution in [1.29, 1.82) is 0 Å². The van der Waals surface area contributed by atoms with E-state index < -0.39 is 0 Å². The summed E-state index contributed by atoms with van der Waals surface area (Å²) in [4.78, 5) is 26.1. The number of nitrogens with one attached hydrogen (secondary N) is 1. The Morgan fingerprint density at radius 3 is 2.72 bits per heavy atom. The number of furan rings is 1. The van der Waals surface area contributed by atoms with Gasteiger partial charge in [0.1, 0.15) is 11.5 Å². The Balaban J connectivity index is 1.47. The zero-order chi connectivity index (χ0) is 20.2. The van der Waals surface area contributed by atoms with Crippen LogP contribution in [0.5, 0.6) is 5.75 Å². The minimum absolute atomic E-state index is 0.0213. The topological polar surface area (TPSA) is 71.8 Å². The molecule has 2 aromatic carbocycles. The molecule has 0 radical (unpaired) electrons. The Labute approximate surface area is 169 Å². The van der Waals surface area contributed by atoms with E-state index in [4.69, 9.17) is 9.15 Å². The number of amides is 2. The van der Waals surface area contributed by atoms with Crippen molar-refractivity contribution in [3.63, 3.8) is 0 Å². The van der Waals surface area contributed by atoms with Crippen molar-refractivity contribution >= 4 is 23.2 Å². The third-order valence-electron chi connectivity index (χ3n) is 4.88. The number of benzene rings is 2. The van der Waals surface area contributed by atoms with Gasteiger partial charge >= 0.3 is 0 Å². The normalized spacial score (nSPS) is 12.8. The molecule has 3 aromatic rings. The smallest absolute Gasteiger partial charge is 0.265 e. The zero-order valence-corrected chi connectivity index (χ0v) is 16.2. The lowest BCUT2D eigenvalue weighted by Crippen LogP contribution is -2.34. The van der Waals surface area contributed by atoms with Crippen LogP contribution in [-0.2, 0) is 22.6 Å². The van der Waals surface area contributed by atoms with Gasteiger partial charge in [0.05, 0.1) is 12.8 Å². The van der Waals surface area contributed by atoms with Gasteiger partial charge < -0.3 is 19.4 Å². The van der Waals surface area contributed by atoms with Crippen LogP contribution in [0.1, 0.15) is 23.3 Å². The summed E-state index contributed by atoms with van der Waals surface area (Å²) in [5.74, 6) is 1.16. The molecule has 0 unspecified atom stereocenters. The summed E-state index contributed by atoms with van der Waals surface area (Å²) >= 11 is 0. The highest BCUT2D eigenvalue weighted by Gasteiger charge is 2.19. The van der Waals surface area contributed by atoms with E-state index in [1.54, 1.807) is 23.3 Å². The van der Waals surface area contributed by atoms with E-state index in [1.165, 1.54) is 0 Å². The quantitative estimate of drug-likeness (QED) is 0.688. The molecule has 29 heavy (non-hydrogen) atoms. The minimum Gasteiger partial charge on any atom is -0.484 e. The van der Waals surface area contributed by atoms with Gasteiger partial charge in [0, 0.05) is 17.8 Å². The van der Waals surface area contributed by atoms with Crippen LogP contribution in [0.4, 0.5) is 11.4 Å². The molecule has 2 heterocycles. The fourth-order valence-electron chi connectivity index (χ4n) is 3.28. The molecule has 6 heteroatoms. The highest BCUT2D eigenvalue weighted by Crippen LogP contribution is 2.27. The predicted molar refractivity (Wildman–Crippen MR) is 110 cm³/mol. The van der Waals surface area contributed by atoms with Crippen LogP contribution in [0, 0.1) is 6.92 Å². The van der Waals surface area contributed by atoms with Gasteiger partial charge in [-0.15, -0.1) is 0 Å². The highest BCUT2D eigenvalue weighted by molar-refractivity contribution is 5.95. The number of hydrogen-bond acceptors (Lipinski definition) is 4. The van der Waals surface area contributed by atoms with Crippen LogP contribution in [0.2, 0.25) is 0 Å². The van der Waals surface area contributed by atoms with Gasteiger partial charge in [0.25, 0.3) is 5.91 Å². The van der Waals surface area contributed by atoms with Gasteiger partial charge in [0.15, 0.2) is 6.61 Å². The molecule has 1 aliphatic heterocycles. The lowest BCUT2D eigenvalue weighted by atomic mass is 10.0. The van der Waals surface area contributed by atoms with E-state index in [9.17, 15) is 9.59 Å². The van der Waals surface area contributed by atoms with Gasteiger partial charge in [-0.2, -0.15) is 0 Å². The summed E-state index contributed by atoms with van der Waals surface area (Å²) in [7, 11) is 0. The number of hydrogen-bond donors (Lipinski definition) is 1. The van der Waals surface area contributed by atoms with E-state index in [1.807, 2.05) is 49.4 Å². The Hall–Kier alpha value is -3.54.